The highest BCUT2D eigenvalue weighted by Gasteiger charge is 2.58. The summed E-state index contributed by atoms with van der Waals surface area (Å²) in [5, 5.41) is 0.280. The Balaban J connectivity index is 1.87. The van der Waals surface area contributed by atoms with Crippen LogP contribution in [0.15, 0.2) is 24.3 Å². The summed E-state index contributed by atoms with van der Waals surface area (Å²) in [5.41, 5.74) is 2.73. The van der Waals surface area contributed by atoms with Gasteiger partial charge in [0, 0.05) is 0 Å². The van der Waals surface area contributed by atoms with Crippen molar-refractivity contribution in [2.45, 2.75) is 111 Å². The predicted molar refractivity (Wildman–Crippen MR) is 125 cm³/mol. The van der Waals surface area contributed by atoms with Gasteiger partial charge in [0.15, 0.2) is 8.32 Å². The fourth-order valence-electron chi connectivity index (χ4n) is 6.54. The Morgan fingerprint density at radius 3 is 2.32 bits per heavy atom. The fourth-order valence-corrected chi connectivity index (χ4v) is 8.03. The Bertz CT molecular complexity index is 652. The van der Waals surface area contributed by atoms with Gasteiger partial charge in [0.25, 0.3) is 0 Å². The van der Waals surface area contributed by atoms with Gasteiger partial charge >= 0.3 is 0 Å². The van der Waals surface area contributed by atoms with Gasteiger partial charge in [-0.25, -0.2) is 0 Å². The summed E-state index contributed by atoms with van der Waals surface area (Å²) in [5.74, 6) is 1.50. The maximum atomic E-state index is 7.04. The van der Waals surface area contributed by atoms with Crippen molar-refractivity contribution in [1.29, 1.82) is 0 Å². The molecule has 0 unspecified atom stereocenters. The van der Waals surface area contributed by atoms with Gasteiger partial charge in [-0.05, 0) is 84.7 Å². The lowest BCUT2D eigenvalue weighted by Gasteiger charge is -2.62. The largest absolute Gasteiger partial charge is 0.413 e. The lowest BCUT2D eigenvalue weighted by atomic mass is 9.45. The van der Waals surface area contributed by atoms with Gasteiger partial charge in [-0.1, -0.05) is 66.2 Å². The summed E-state index contributed by atoms with van der Waals surface area (Å²) in [6.07, 6.45) is 12.9. The second-order valence-electron chi connectivity index (χ2n) is 12.9. The van der Waals surface area contributed by atoms with Crippen molar-refractivity contribution in [3.05, 3.63) is 24.3 Å². The molecule has 2 heteroatoms. The van der Waals surface area contributed by atoms with Crippen LogP contribution < -0.4 is 0 Å². The van der Waals surface area contributed by atoms with Gasteiger partial charge in [-0.15, -0.1) is 6.58 Å². The molecule has 0 radical (unpaired) electrons. The number of allylic oxidation sites excluding steroid dienone is 3. The number of fused-ring (bicyclic) bond motifs is 3. The first-order chi connectivity index (χ1) is 12.7. The molecule has 2 saturated carbocycles. The molecule has 0 aromatic rings. The summed E-state index contributed by atoms with van der Waals surface area (Å²) < 4.78 is 7.04. The van der Waals surface area contributed by atoms with Gasteiger partial charge in [-0.3, -0.25) is 0 Å². The van der Waals surface area contributed by atoms with Gasteiger partial charge in [0.2, 0.25) is 0 Å². The fraction of sp³-hybridized carbons (Fsp3) is 0.846. The van der Waals surface area contributed by atoms with E-state index in [0.717, 1.165) is 11.8 Å². The second kappa shape index (κ2) is 6.84. The zero-order valence-corrected chi connectivity index (χ0v) is 21.2. The third-order valence-electron chi connectivity index (χ3n) is 9.68. The van der Waals surface area contributed by atoms with Crippen molar-refractivity contribution >= 4 is 8.32 Å². The molecule has 2 fully saturated rings. The Labute approximate surface area is 176 Å². The lowest BCUT2D eigenvalue weighted by molar-refractivity contribution is -0.114. The van der Waals surface area contributed by atoms with E-state index in [-0.39, 0.29) is 10.5 Å². The Hall–Kier alpha value is -0.343. The summed E-state index contributed by atoms with van der Waals surface area (Å²) in [4.78, 5) is 0. The molecular formula is C26H46OSi. The van der Waals surface area contributed by atoms with Gasteiger partial charge < -0.3 is 4.43 Å². The van der Waals surface area contributed by atoms with Gasteiger partial charge in [0.1, 0.15) is 0 Å². The Kier molecular flexibility index (Phi) is 5.46. The Morgan fingerprint density at radius 1 is 1.11 bits per heavy atom. The zero-order chi connectivity index (χ0) is 21.2. The van der Waals surface area contributed by atoms with Crippen LogP contribution in [0.1, 0.15) is 87.0 Å². The second-order valence-corrected chi connectivity index (χ2v) is 17.7. The molecule has 0 aromatic carbocycles. The molecule has 5 atom stereocenters. The smallest absolute Gasteiger partial charge is 0.192 e. The molecule has 0 saturated heterocycles. The average Bonchev–Trinajstić information content (AvgIpc) is 2.56. The molecule has 0 bridgehead atoms. The van der Waals surface area contributed by atoms with E-state index in [1.165, 1.54) is 38.5 Å². The third kappa shape index (κ3) is 3.51. The molecule has 0 aliphatic heterocycles. The maximum absolute atomic E-state index is 7.04. The van der Waals surface area contributed by atoms with E-state index in [1.54, 1.807) is 5.57 Å². The lowest BCUT2D eigenvalue weighted by Crippen LogP contribution is -2.58. The minimum absolute atomic E-state index is 0.240. The highest BCUT2D eigenvalue weighted by Crippen LogP contribution is 2.64. The number of hydrogen-bond donors (Lipinski definition) is 0. The SMILES string of the molecule is C=C[C@]1(C)CC[C@@H]2C(=CC[C@H]3C(C)(C)[C@@H](O[Si](C)(C)C(C)(C)C)CC[C@]23C)C1. The summed E-state index contributed by atoms with van der Waals surface area (Å²) in [7, 11) is -1.75. The van der Waals surface area contributed by atoms with Crippen LogP contribution in [0.4, 0.5) is 0 Å². The molecule has 3 aliphatic rings. The van der Waals surface area contributed by atoms with Crippen LogP contribution in [0.5, 0.6) is 0 Å². The standard InChI is InChI=1S/C26H46OSi/c1-11-25(7)16-14-20-19(18-25)12-13-21-24(5,6)22(15-17-26(20,21)8)27-28(9,10)23(2,3)4/h11-12,20-22H,1,13-18H2,2-10H3/t20-,21+,22+,25-,26-/m1/s1. The summed E-state index contributed by atoms with van der Waals surface area (Å²) in [6.45, 7) is 26.1. The van der Waals surface area contributed by atoms with Crippen molar-refractivity contribution in [3.8, 4) is 0 Å². The molecule has 1 nitrogen and oxygen atoms in total. The van der Waals surface area contributed by atoms with Gasteiger partial charge in [-0.2, -0.15) is 0 Å². The van der Waals surface area contributed by atoms with Crippen LogP contribution in [0, 0.1) is 28.1 Å². The zero-order valence-electron chi connectivity index (χ0n) is 20.2. The maximum Gasteiger partial charge on any atom is 0.192 e. The quantitative estimate of drug-likeness (QED) is 0.342. The Morgan fingerprint density at radius 2 is 1.75 bits per heavy atom. The average molecular weight is 403 g/mol. The van der Waals surface area contributed by atoms with E-state index in [9.17, 15) is 0 Å². The minimum Gasteiger partial charge on any atom is -0.413 e. The molecule has 0 heterocycles. The predicted octanol–water partition coefficient (Wildman–Crippen LogP) is 8.14. The van der Waals surface area contributed by atoms with Crippen molar-refractivity contribution in [1.82, 2.24) is 0 Å². The van der Waals surface area contributed by atoms with Gasteiger partial charge in [0.05, 0.1) is 6.10 Å². The van der Waals surface area contributed by atoms with Crippen LogP contribution in [0.2, 0.25) is 18.1 Å². The monoisotopic (exact) mass is 402 g/mol. The van der Waals surface area contributed by atoms with Crippen molar-refractivity contribution in [2.24, 2.45) is 28.1 Å². The van der Waals surface area contributed by atoms with Crippen molar-refractivity contribution in [3.63, 3.8) is 0 Å². The highest BCUT2D eigenvalue weighted by atomic mass is 28.4. The van der Waals surface area contributed by atoms with Crippen LogP contribution in [-0.4, -0.2) is 14.4 Å². The molecule has 0 N–H and O–H groups in total. The first-order valence-corrected chi connectivity index (χ1v) is 14.6. The number of rotatable bonds is 3. The summed E-state index contributed by atoms with van der Waals surface area (Å²) in [6, 6.07) is 0. The normalized spacial score (nSPS) is 40.9. The molecule has 28 heavy (non-hydrogen) atoms. The van der Waals surface area contributed by atoms with Crippen LogP contribution >= 0.6 is 0 Å². The molecule has 3 rings (SSSR count). The minimum atomic E-state index is -1.75. The van der Waals surface area contributed by atoms with Crippen molar-refractivity contribution in [2.75, 3.05) is 0 Å². The van der Waals surface area contributed by atoms with E-state index in [1.807, 2.05) is 0 Å². The highest BCUT2D eigenvalue weighted by molar-refractivity contribution is 6.74. The van der Waals surface area contributed by atoms with E-state index in [2.05, 4.69) is 80.3 Å². The molecular weight excluding hydrogens is 356 g/mol. The topological polar surface area (TPSA) is 9.23 Å². The van der Waals surface area contributed by atoms with E-state index in [4.69, 9.17) is 4.43 Å². The van der Waals surface area contributed by atoms with Crippen LogP contribution in [0.3, 0.4) is 0 Å². The molecule has 0 aromatic heterocycles. The van der Waals surface area contributed by atoms with E-state index < -0.39 is 8.32 Å². The molecule has 0 spiro atoms. The first-order valence-electron chi connectivity index (χ1n) is 11.7. The van der Waals surface area contributed by atoms with E-state index >= 15 is 0 Å². The molecule has 0 amide bonds. The van der Waals surface area contributed by atoms with Crippen LogP contribution in [-0.2, 0) is 4.43 Å². The number of hydrogen-bond acceptors (Lipinski definition) is 1. The van der Waals surface area contributed by atoms with E-state index in [0.29, 0.717) is 16.9 Å². The first kappa shape index (κ1) is 22.3. The summed E-state index contributed by atoms with van der Waals surface area (Å²) >= 11 is 0. The molecule has 3 aliphatic carbocycles. The third-order valence-corrected chi connectivity index (χ3v) is 14.2. The van der Waals surface area contributed by atoms with Crippen molar-refractivity contribution < 1.29 is 4.43 Å². The van der Waals surface area contributed by atoms with Crippen LogP contribution in [0.25, 0.3) is 0 Å². The molecule has 160 valence electrons.